The molecule has 0 spiro atoms. The minimum Gasteiger partial charge on any atom is -0.465 e. The van der Waals surface area contributed by atoms with Crippen molar-refractivity contribution in [2.75, 3.05) is 17.1 Å². The van der Waals surface area contributed by atoms with Crippen LogP contribution in [0.4, 0.5) is 17.1 Å². The number of esters is 1. The number of rotatable bonds is 10. The van der Waals surface area contributed by atoms with E-state index in [0.717, 1.165) is 11.1 Å². The molecule has 0 bridgehead atoms. The maximum absolute atomic E-state index is 12.9. The van der Waals surface area contributed by atoms with E-state index in [9.17, 15) is 18.1 Å². The summed E-state index contributed by atoms with van der Waals surface area (Å²) < 4.78 is 39.0. The van der Waals surface area contributed by atoms with Crippen LogP contribution in [0.15, 0.2) is 101 Å². The van der Waals surface area contributed by atoms with E-state index in [4.69, 9.17) is 9.47 Å². The molecule has 4 rings (SSSR count). The SMILES string of the molecule is COC(=O)c1cc(Oc2ccc(N=O)c(NCc3ccccc3)c2)ccc1NS(=O)(=O)c1ccc(C)cc1. The molecule has 2 N–H and O–H groups in total. The minimum atomic E-state index is -3.96. The molecule has 9 nitrogen and oxygen atoms in total. The predicted molar refractivity (Wildman–Crippen MR) is 146 cm³/mol. The maximum Gasteiger partial charge on any atom is 0.340 e. The van der Waals surface area contributed by atoms with E-state index in [1.54, 1.807) is 24.3 Å². The van der Waals surface area contributed by atoms with Crippen molar-refractivity contribution in [2.45, 2.75) is 18.4 Å². The highest BCUT2D eigenvalue weighted by Gasteiger charge is 2.20. The lowest BCUT2D eigenvalue weighted by molar-refractivity contribution is 0.0601. The number of hydrogen-bond acceptors (Lipinski definition) is 8. The standard InChI is InChI=1S/C28H25N3O6S/c1-19-8-12-23(13-9-19)38(34,35)31-25-14-10-21(16-24(25)28(32)36-2)37-22-11-15-26(30-33)27(17-22)29-18-20-6-4-3-5-7-20/h3-17,29,31H,18H2,1-2H3. The Morgan fingerprint density at radius 1 is 0.868 bits per heavy atom. The third kappa shape index (κ3) is 6.34. The van der Waals surface area contributed by atoms with Crippen LogP contribution in [0.5, 0.6) is 11.5 Å². The molecule has 194 valence electrons. The smallest absolute Gasteiger partial charge is 0.340 e. The summed E-state index contributed by atoms with van der Waals surface area (Å²) in [7, 11) is -2.76. The molecule has 4 aromatic carbocycles. The number of carbonyl (C=O) groups excluding carboxylic acids is 1. The zero-order valence-corrected chi connectivity index (χ0v) is 21.5. The Labute approximate surface area is 220 Å². The fourth-order valence-electron chi connectivity index (χ4n) is 3.60. The van der Waals surface area contributed by atoms with Gasteiger partial charge in [-0.15, -0.1) is 4.91 Å². The zero-order valence-electron chi connectivity index (χ0n) is 20.7. The van der Waals surface area contributed by atoms with Gasteiger partial charge in [-0.2, -0.15) is 0 Å². The van der Waals surface area contributed by atoms with Crippen molar-refractivity contribution in [3.8, 4) is 11.5 Å². The van der Waals surface area contributed by atoms with Gasteiger partial charge < -0.3 is 14.8 Å². The molecule has 0 amide bonds. The summed E-state index contributed by atoms with van der Waals surface area (Å²) in [6, 6.07) is 25.0. The summed E-state index contributed by atoms with van der Waals surface area (Å²) in [5.74, 6) is -0.121. The molecule has 0 atom stereocenters. The molecular formula is C28H25N3O6S. The number of methoxy groups -OCH3 is 1. The van der Waals surface area contributed by atoms with Crippen molar-refractivity contribution in [3.63, 3.8) is 0 Å². The Balaban J connectivity index is 1.58. The maximum atomic E-state index is 12.9. The van der Waals surface area contributed by atoms with Crippen molar-refractivity contribution < 1.29 is 22.7 Å². The van der Waals surface area contributed by atoms with Gasteiger partial charge in [0.15, 0.2) is 0 Å². The van der Waals surface area contributed by atoms with E-state index in [2.05, 4.69) is 15.2 Å². The number of anilines is 2. The molecule has 10 heteroatoms. The number of benzene rings is 4. The number of ether oxygens (including phenoxy) is 2. The van der Waals surface area contributed by atoms with Crippen molar-refractivity contribution in [1.29, 1.82) is 0 Å². The highest BCUT2D eigenvalue weighted by Crippen LogP contribution is 2.34. The molecule has 0 aromatic heterocycles. The average molecular weight is 532 g/mol. The summed E-state index contributed by atoms with van der Waals surface area (Å²) in [5, 5.41) is 6.24. The van der Waals surface area contributed by atoms with Crippen LogP contribution in [-0.4, -0.2) is 21.5 Å². The van der Waals surface area contributed by atoms with Crippen LogP contribution in [0.3, 0.4) is 0 Å². The minimum absolute atomic E-state index is 0.0331. The number of nitrogens with zero attached hydrogens (tertiary/aromatic N) is 1. The molecule has 0 aliphatic carbocycles. The summed E-state index contributed by atoms with van der Waals surface area (Å²) >= 11 is 0. The molecule has 0 radical (unpaired) electrons. The molecule has 38 heavy (non-hydrogen) atoms. The van der Waals surface area contributed by atoms with E-state index >= 15 is 0 Å². The van der Waals surface area contributed by atoms with Crippen LogP contribution in [0.1, 0.15) is 21.5 Å². The van der Waals surface area contributed by atoms with Gasteiger partial charge in [0, 0.05) is 12.6 Å². The Bertz CT molecular complexity index is 1560. The molecule has 0 unspecified atom stereocenters. The Morgan fingerprint density at radius 3 is 2.24 bits per heavy atom. The predicted octanol–water partition coefficient (Wildman–Crippen LogP) is 6.38. The van der Waals surface area contributed by atoms with Crippen LogP contribution < -0.4 is 14.8 Å². The van der Waals surface area contributed by atoms with E-state index in [0.29, 0.717) is 18.0 Å². The zero-order chi connectivity index (χ0) is 27.1. The fourth-order valence-corrected chi connectivity index (χ4v) is 4.68. The van der Waals surface area contributed by atoms with E-state index in [-0.39, 0.29) is 27.6 Å². The molecule has 0 aliphatic heterocycles. The van der Waals surface area contributed by atoms with Gasteiger partial charge in [0.05, 0.1) is 28.9 Å². The largest absolute Gasteiger partial charge is 0.465 e. The van der Waals surface area contributed by atoms with Gasteiger partial charge in [-0.1, -0.05) is 48.0 Å². The van der Waals surface area contributed by atoms with Gasteiger partial charge in [-0.05, 0) is 60.1 Å². The van der Waals surface area contributed by atoms with Gasteiger partial charge in [-0.25, -0.2) is 13.2 Å². The van der Waals surface area contributed by atoms with Crippen molar-refractivity contribution in [2.24, 2.45) is 5.18 Å². The molecule has 0 fully saturated rings. The van der Waals surface area contributed by atoms with Crippen LogP contribution in [0, 0.1) is 11.8 Å². The lowest BCUT2D eigenvalue weighted by Crippen LogP contribution is -2.16. The fraction of sp³-hybridized carbons (Fsp3) is 0.107. The summed E-state index contributed by atoms with van der Waals surface area (Å²) in [4.78, 5) is 23.8. The van der Waals surface area contributed by atoms with Crippen LogP contribution >= 0.6 is 0 Å². The number of carbonyl (C=O) groups is 1. The molecule has 0 saturated carbocycles. The number of hydrogen-bond donors (Lipinski definition) is 2. The van der Waals surface area contributed by atoms with Crippen molar-refractivity contribution in [3.05, 3.63) is 113 Å². The van der Waals surface area contributed by atoms with Crippen molar-refractivity contribution in [1.82, 2.24) is 0 Å². The normalized spacial score (nSPS) is 10.9. The van der Waals surface area contributed by atoms with Gasteiger partial charge in [0.25, 0.3) is 10.0 Å². The number of nitrogens with one attached hydrogen (secondary N) is 2. The first kappa shape index (κ1) is 26.4. The van der Waals surface area contributed by atoms with E-state index < -0.39 is 16.0 Å². The van der Waals surface area contributed by atoms with Crippen LogP contribution in [0.25, 0.3) is 0 Å². The molecule has 0 saturated heterocycles. The summed E-state index contributed by atoms with van der Waals surface area (Å²) in [5.41, 5.74) is 2.62. The Morgan fingerprint density at radius 2 is 1.55 bits per heavy atom. The van der Waals surface area contributed by atoms with Gasteiger partial charge in [0.1, 0.15) is 17.2 Å². The quantitative estimate of drug-likeness (QED) is 0.180. The molecule has 4 aromatic rings. The van der Waals surface area contributed by atoms with Crippen LogP contribution in [-0.2, 0) is 21.3 Å². The summed E-state index contributed by atoms with van der Waals surface area (Å²) in [6.07, 6.45) is 0. The van der Waals surface area contributed by atoms with E-state index in [1.165, 1.54) is 43.5 Å². The Kier molecular flexibility index (Phi) is 8.03. The van der Waals surface area contributed by atoms with E-state index in [1.807, 2.05) is 37.3 Å². The summed E-state index contributed by atoms with van der Waals surface area (Å²) in [6.45, 7) is 2.32. The highest BCUT2D eigenvalue weighted by molar-refractivity contribution is 7.92. The lowest BCUT2D eigenvalue weighted by atomic mass is 10.1. The van der Waals surface area contributed by atoms with Crippen LogP contribution in [0.2, 0.25) is 0 Å². The average Bonchev–Trinajstić information content (AvgIpc) is 2.93. The first-order valence-electron chi connectivity index (χ1n) is 11.5. The van der Waals surface area contributed by atoms with Crippen molar-refractivity contribution >= 4 is 33.1 Å². The second kappa shape index (κ2) is 11.6. The monoisotopic (exact) mass is 531 g/mol. The third-order valence-electron chi connectivity index (χ3n) is 5.60. The second-order valence-electron chi connectivity index (χ2n) is 8.33. The molecule has 0 heterocycles. The van der Waals surface area contributed by atoms with Gasteiger partial charge in [0.2, 0.25) is 0 Å². The highest BCUT2D eigenvalue weighted by atomic mass is 32.2. The number of sulfonamides is 1. The lowest BCUT2D eigenvalue weighted by Gasteiger charge is -2.15. The third-order valence-corrected chi connectivity index (χ3v) is 6.98. The first-order valence-corrected chi connectivity index (χ1v) is 13.0. The van der Waals surface area contributed by atoms with Gasteiger partial charge in [-0.3, -0.25) is 4.72 Å². The number of aryl methyl sites for hydroxylation is 1. The second-order valence-corrected chi connectivity index (χ2v) is 10.0. The molecular weight excluding hydrogens is 506 g/mol. The first-order chi connectivity index (χ1) is 18.3. The molecule has 0 aliphatic rings. The Hall–Kier alpha value is -4.70. The topological polar surface area (TPSA) is 123 Å². The van der Waals surface area contributed by atoms with Gasteiger partial charge >= 0.3 is 5.97 Å². The number of nitroso groups, excluding NO2 is 1.